The van der Waals surface area contributed by atoms with Crippen LogP contribution in [0.2, 0.25) is 0 Å². The summed E-state index contributed by atoms with van der Waals surface area (Å²) < 4.78 is 0. The molecule has 0 radical (unpaired) electrons. The molecule has 0 fully saturated rings. The Labute approximate surface area is 68.4 Å². The Kier molecular flexibility index (Phi) is 4.30. The van der Waals surface area contributed by atoms with E-state index in [0.717, 1.165) is 12.8 Å². The third kappa shape index (κ3) is 5.07. The molecule has 0 aromatic rings. The Morgan fingerprint density at radius 2 is 2.00 bits per heavy atom. The summed E-state index contributed by atoms with van der Waals surface area (Å²) in [6.45, 7) is 6.07. The van der Waals surface area contributed by atoms with E-state index in [9.17, 15) is 5.11 Å². The Morgan fingerprint density at radius 1 is 1.50 bits per heavy atom. The maximum atomic E-state index is 9.44. The molecular weight excluding hydrogens is 148 g/mol. The zero-order valence-electron chi connectivity index (χ0n) is 7.02. The van der Waals surface area contributed by atoms with Gasteiger partial charge < -0.3 is 5.11 Å². The van der Waals surface area contributed by atoms with Crippen LogP contribution in [0, 0.1) is 5.92 Å². The molecule has 0 saturated heterocycles. The van der Waals surface area contributed by atoms with Gasteiger partial charge in [0, 0.05) is 0 Å². The van der Waals surface area contributed by atoms with Crippen LogP contribution >= 0.6 is 11.6 Å². The van der Waals surface area contributed by atoms with Gasteiger partial charge in [0.05, 0.1) is 11.5 Å². The highest BCUT2D eigenvalue weighted by Crippen LogP contribution is 2.17. The van der Waals surface area contributed by atoms with Gasteiger partial charge in [0.1, 0.15) is 0 Å². The lowest BCUT2D eigenvalue weighted by atomic mass is 9.97. The Bertz CT molecular complexity index is 89.3. The molecule has 2 heteroatoms. The molecule has 0 spiro atoms. The summed E-state index contributed by atoms with van der Waals surface area (Å²) in [5, 5.41) is 9.44. The molecule has 0 amide bonds. The van der Waals surface area contributed by atoms with E-state index in [1.165, 1.54) is 0 Å². The van der Waals surface area contributed by atoms with Gasteiger partial charge in [-0.1, -0.05) is 13.8 Å². The average Bonchev–Trinajstić information content (AvgIpc) is 1.85. The zero-order valence-corrected chi connectivity index (χ0v) is 7.78. The van der Waals surface area contributed by atoms with Crippen LogP contribution in [0.4, 0.5) is 0 Å². The molecule has 62 valence electrons. The van der Waals surface area contributed by atoms with Gasteiger partial charge in [-0.3, -0.25) is 0 Å². The lowest BCUT2D eigenvalue weighted by molar-refractivity contribution is 0.0686. The van der Waals surface area contributed by atoms with Gasteiger partial charge in [-0.25, -0.2) is 0 Å². The zero-order chi connectivity index (χ0) is 8.20. The predicted molar refractivity (Wildman–Crippen MR) is 45.4 cm³/mol. The first-order valence-electron chi connectivity index (χ1n) is 3.76. The lowest BCUT2D eigenvalue weighted by Crippen LogP contribution is -2.26. The van der Waals surface area contributed by atoms with Gasteiger partial charge in [0.2, 0.25) is 0 Å². The van der Waals surface area contributed by atoms with Gasteiger partial charge >= 0.3 is 0 Å². The largest absolute Gasteiger partial charge is 0.389 e. The summed E-state index contributed by atoms with van der Waals surface area (Å²) in [5.41, 5.74) is -0.661. The molecule has 1 nitrogen and oxygen atoms in total. The second-order valence-electron chi connectivity index (χ2n) is 3.56. The van der Waals surface area contributed by atoms with E-state index in [2.05, 4.69) is 13.8 Å². The molecule has 0 rings (SSSR count). The van der Waals surface area contributed by atoms with Crippen molar-refractivity contribution in [3.8, 4) is 0 Å². The molecule has 1 unspecified atom stereocenters. The SMILES string of the molecule is CC(C)CCC(C)(O)CCl. The molecule has 0 aliphatic heterocycles. The minimum atomic E-state index is -0.661. The predicted octanol–water partition coefficient (Wildman–Crippen LogP) is 2.41. The number of aliphatic hydroxyl groups is 1. The minimum Gasteiger partial charge on any atom is -0.389 e. The lowest BCUT2D eigenvalue weighted by Gasteiger charge is -2.20. The van der Waals surface area contributed by atoms with Gasteiger partial charge in [0.25, 0.3) is 0 Å². The van der Waals surface area contributed by atoms with Crippen molar-refractivity contribution in [2.45, 2.75) is 39.2 Å². The number of hydrogen-bond acceptors (Lipinski definition) is 1. The van der Waals surface area contributed by atoms with E-state index >= 15 is 0 Å². The van der Waals surface area contributed by atoms with Crippen molar-refractivity contribution >= 4 is 11.6 Å². The van der Waals surface area contributed by atoms with Gasteiger partial charge in [-0.2, -0.15) is 0 Å². The summed E-state index contributed by atoms with van der Waals surface area (Å²) in [6, 6.07) is 0. The first-order valence-corrected chi connectivity index (χ1v) is 4.30. The summed E-state index contributed by atoms with van der Waals surface area (Å²) in [6.07, 6.45) is 1.84. The molecule has 0 heterocycles. The number of alkyl halides is 1. The third-order valence-electron chi connectivity index (χ3n) is 1.55. The molecule has 0 aromatic heterocycles. The first kappa shape index (κ1) is 10.2. The standard InChI is InChI=1S/C8H17ClO/c1-7(2)4-5-8(3,10)6-9/h7,10H,4-6H2,1-3H3. The fraction of sp³-hybridized carbons (Fsp3) is 1.00. The van der Waals surface area contributed by atoms with Gasteiger partial charge in [-0.05, 0) is 25.7 Å². The minimum absolute atomic E-state index is 0.333. The summed E-state index contributed by atoms with van der Waals surface area (Å²) in [4.78, 5) is 0. The maximum Gasteiger partial charge on any atom is 0.0754 e. The summed E-state index contributed by atoms with van der Waals surface area (Å²) in [5.74, 6) is 0.981. The second-order valence-corrected chi connectivity index (χ2v) is 3.83. The van der Waals surface area contributed by atoms with Crippen LogP contribution in [0.1, 0.15) is 33.6 Å². The molecule has 10 heavy (non-hydrogen) atoms. The Morgan fingerprint density at radius 3 is 2.30 bits per heavy atom. The van der Waals surface area contributed by atoms with Crippen molar-refractivity contribution in [3.63, 3.8) is 0 Å². The highest BCUT2D eigenvalue weighted by molar-refractivity contribution is 6.18. The molecule has 1 N–H and O–H groups in total. The van der Waals surface area contributed by atoms with Crippen LogP contribution in [-0.2, 0) is 0 Å². The number of rotatable bonds is 4. The van der Waals surface area contributed by atoms with E-state index in [1.54, 1.807) is 6.92 Å². The Hall–Kier alpha value is 0.250. The smallest absolute Gasteiger partial charge is 0.0754 e. The van der Waals surface area contributed by atoms with Crippen LogP contribution in [0.15, 0.2) is 0 Å². The van der Waals surface area contributed by atoms with Crippen molar-refractivity contribution in [3.05, 3.63) is 0 Å². The fourth-order valence-corrected chi connectivity index (χ4v) is 0.800. The van der Waals surface area contributed by atoms with Crippen LogP contribution < -0.4 is 0 Å². The van der Waals surface area contributed by atoms with Gasteiger partial charge in [-0.15, -0.1) is 11.6 Å². The quantitative estimate of drug-likeness (QED) is 0.633. The van der Waals surface area contributed by atoms with Crippen LogP contribution in [0.3, 0.4) is 0 Å². The maximum absolute atomic E-state index is 9.44. The van der Waals surface area contributed by atoms with E-state index in [1.807, 2.05) is 0 Å². The normalized spacial score (nSPS) is 17.4. The van der Waals surface area contributed by atoms with Gasteiger partial charge in [0.15, 0.2) is 0 Å². The van der Waals surface area contributed by atoms with Crippen molar-refractivity contribution in [1.29, 1.82) is 0 Å². The topological polar surface area (TPSA) is 20.2 Å². The summed E-state index contributed by atoms with van der Waals surface area (Å²) >= 11 is 5.53. The second kappa shape index (κ2) is 4.20. The van der Waals surface area contributed by atoms with Crippen LogP contribution in [-0.4, -0.2) is 16.6 Å². The molecular formula is C8H17ClO. The van der Waals surface area contributed by atoms with Crippen LogP contribution in [0.5, 0.6) is 0 Å². The van der Waals surface area contributed by atoms with Crippen molar-refractivity contribution in [2.24, 2.45) is 5.92 Å². The number of hydrogen-bond donors (Lipinski definition) is 1. The van der Waals surface area contributed by atoms with Crippen molar-refractivity contribution < 1.29 is 5.11 Å². The van der Waals surface area contributed by atoms with E-state index < -0.39 is 5.60 Å². The summed E-state index contributed by atoms with van der Waals surface area (Å²) in [7, 11) is 0. The Balaban J connectivity index is 3.46. The molecule has 1 atom stereocenters. The first-order chi connectivity index (χ1) is 4.48. The monoisotopic (exact) mass is 164 g/mol. The molecule has 0 bridgehead atoms. The van der Waals surface area contributed by atoms with Crippen molar-refractivity contribution in [2.75, 3.05) is 5.88 Å². The van der Waals surface area contributed by atoms with E-state index in [0.29, 0.717) is 11.8 Å². The van der Waals surface area contributed by atoms with E-state index in [-0.39, 0.29) is 0 Å². The average molecular weight is 165 g/mol. The highest BCUT2D eigenvalue weighted by Gasteiger charge is 2.18. The van der Waals surface area contributed by atoms with Crippen LogP contribution in [0.25, 0.3) is 0 Å². The molecule has 0 aliphatic carbocycles. The van der Waals surface area contributed by atoms with Crippen molar-refractivity contribution in [1.82, 2.24) is 0 Å². The van der Waals surface area contributed by atoms with E-state index in [4.69, 9.17) is 11.6 Å². The molecule has 0 aliphatic rings. The third-order valence-corrected chi connectivity index (χ3v) is 2.12. The number of halogens is 1. The molecule has 0 saturated carbocycles. The fourth-order valence-electron chi connectivity index (χ4n) is 0.666. The molecule has 0 aromatic carbocycles. The highest BCUT2D eigenvalue weighted by atomic mass is 35.5.